The Hall–Kier alpha value is -0.620. The predicted octanol–water partition coefficient (Wildman–Crippen LogP) is 1.67. The Morgan fingerprint density at radius 3 is 2.72 bits per heavy atom. The topological polar surface area (TPSA) is 43.8 Å². The minimum Gasteiger partial charge on any atom is -0.395 e. The van der Waals surface area contributed by atoms with E-state index in [0.717, 1.165) is 15.8 Å². The largest absolute Gasteiger partial charge is 0.395 e. The molecule has 0 saturated heterocycles. The zero-order valence-corrected chi connectivity index (χ0v) is 12.3. The average molecular weight is 291 g/mol. The van der Waals surface area contributed by atoms with Crippen molar-refractivity contribution in [3.05, 3.63) is 21.3 Å². The molecule has 0 spiro atoms. The van der Waals surface area contributed by atoms with Crippen molar-refractivity contribution in [3.63, 3.8) is 0 Å². The van der Waals surface area contributed by atoms with Crippen LogP contribution in [0.1, 0.15) is 11.8 Å². The normalized spacial score (nSPS) is 10.9. The number of thiophene rings is 1. The van der Waals surface area contributed by atoms with Crippen molar-refractivity contribution in [1.29, 1.82) is 0 Å². The van der Waals surface area contributed by atoms with Gasteiger partial charge in [-0.3, -0.25) is 9.69 Å². The number of nitrogens with zero attached hydrogens (tertiary/aromatic N) is 2. The molecule has 1 N–H and O–H groups in total. The molecule has 0 unspecified atom stereocenters. The lowest BCUT2D eigenvalue weighted by Gasteiger charge is -2.22. The second-order valence-corrected chi connectivity index (χ2v) is 5.85. The van der Waals surface area contributed by atoms with Crippen LogP contribution >= 0.6 is 22.9 Å². The van der Waals surface area contributed by atoms with E-state index in [9.17, 15) is 4.79 Å². The smallest absolute Gasteiger partial charge is 0.236 e. The molecule has 1 rings (SSSR count). The maximum Gasteiger partial charge on any atom is 0.236 e. The third-order valence-electron chi connectivity index (χ3n) is 2.67. The van der Waals surface area contributed by atoms with Crippen LogP contribution in [0.4, 0.5) is 0 Å². The summed E-state index contributed by atoms with van der Waals surface area (Å²) < 4.78 is 0.737. The van der Waals surface area contributed by atoms with E-state index in [1.165, 1.54) is 11.3 Å². The first-order chi connectivity index (χ1) is 8.56. The number of amides is 1. The molecule has 0 aliphatic heterocycles. The third kappa shape index (κ3) is 4.94. The van der Waals surface area contributed by atoms with Crippen molar-refractivity contribution < 1.29 is 9.90 Å². The molecule has 102 valence electrons. The third-order valence-corrected chi connectivity index (χ3v) is 3.89. The molecule has 0 fully saturated rings. The number of hydrogen-bond donors (Lipinski definition) is 1. The van der Waals surface area contributed by atoms with Gasteiger partial charge in [0, 0.05) is 18.5 Å². The molecule has 1 aromatic rings. The highest BCUT2D eigenvalue weighted by molar-refractivity contribution is 7.16. The van der Waals surface area contributed by atoms with Crippen LogP contribution in [0.25, 0.3) is 0 Å². The van der Waals surface area contributed by atoms with Gasteiger partial charge in [0.05, 0.1) is 24.0 Å². The number of aliphatic hydroxyl groups excluding tert-OH is 1. The van der Waals surface area contributed by atoms with E-state index in [1.54, 1.807) is 11.9 Å². The fraction of sp³-hybridized carbons (Fsp3) is 0.583. The molecule has 1 amide bonds. The Balaban J connectivity index is 2.45. The van der Waals surface area contributed by atoms with E-state index >= 15 is 0 Å². The fourth-order valence-electron chi connectivity index (χ4n) is 1.56. The van der Waals surface area contributed by atoms with Crippen molar-refractivity contribution in [2.24, 2.45) is 0 Å². The Labute approximate surface area is 117 Å². The van der Waals surface area contributed by atoms with Gasteiger partial charge in [-0.15, -0.1) is 11.3 Å². The molecule has 0 aliphatic rings. The Morgan fingerprint density at radius 1 is 1.50 bits per heavy atom. The van der Waals surface area contributed by atoms with Crippen LogP contribution in [0.3, 0.4) is 0 Å². The second kappa shape index (κ2) is 7.74. The lowest BCUT2D eigenvalue weighted by molar-refractivity contribution is -0.131. The molecule has 4 nitrogen and oxygen atoms in total. The van der Waals surface area contributed by atoms with E-state index in [0.29, 0.717) is 19.6 Å². The van der Waals surface area contributed by atoms with E-state index in [2.05, 4.69) is 0 Å². The molecule has 1 aromatic heterocycles. The highest BCUT2D eigenvalue weighted by atomic mass is 35.5. The van der Waals surface area contributed by atoms with Gasteiger partial charge in [0.1, 0.15) is 0 Å². The van der Waals surface area contributed by atoms with Crippen LogP contribution in [0, 0.1) is 0 Å². The Morgan fingerprint density at radius 2 is 2.22 bits per heavy atom. The van der Waals surface area contributed by atoms with Crippen molar-refractivity contribution >= 4 is 28.8 Å². The summed E-state index contributed by atoms with van der Waals surface area (Å²) in [5.41, 5.74) is 0. The molecule has 0 radical (unpaired) electrons. The van der Waals surface area contributed by atoms with Crippen molar-refractivity contribution in [1.82, 2.24) is 9.80 Å². The van der Waals surface area contributed by atoms with Gasteiger partial charge in [0.25, 0.3) is 0 Å². The molecule has 6 heteroatoms. The zero-order valence-electron chi connectivity index (χ0n) is 10.7. The molecular formula is C12H19ClN2O2S. The Bertz CT molecular complexity index is 384. The quantitative estimate of drug-likeness (QED) is 0.831. The number of carbonyl (C=O) groups excluding carboxylic acids is 1. The number of halogens is 1. The lowest BCUT2D eigenvalue weighted by atomic mass is 10.4. The lowest BCUT2D eigenvalue weighted by Crippen LogP contribution is -2.39. The van der Waals surface area contributed by atoms with Crippen LogP contribution in [-0.4, -0.2) is 54.1 Å². The van der Waals surface area contributed by atoms with Gasteiger partial charge < -0.3 is 10.0 Å². The molecular weight excluding hydrogens is 272 g/mol. The maximum atomic E-state index is 12.0. The fourth-order valence-corrected chi connectivity index (χ4v) is 2.70. The number of carbonyl (C=O) groups is 1. The van der Waals surface area contributed by atoms with Crippen LogP contribution in [0.2, 0.25) is 4.34 Å². The monoisotopic (exact) mass is 290 g/mol. The first-order valence-electron chi connectivity index (χ1n) is 5.88. The van der Waals surface area contributed by atoms with Crippen LogP contribution in [0.5, 0.6) is 0 Å². The van der Waals surface area contributed by atoms with E-state index in [1.807, 2.05) is 24.0 Å². The van der Waals surface area contributed by atoms with Gasteiger partial charge in [-0.1, -0.05) is 18.5 Å². The van der Waals surface area contributed by atoms with Gasteiger partial charge in [-0.25, -0.2) is 0 Å². The molecule has 0 atom stereocenters. The standard InChI is InChI=1S/C12H19ClN2O2S/c1-3-15(6-7-16)9-12(17)14(2)8-10-4-5-11(13)18-10/h4-5,16H,3,6-9H2,1-2H3. The second-order valence-electron chi connectivity index (χ2n) is 4.05. The number of likely N-dealkylation sites (N-methyl/N-ethyl adjacent to an activating group) is 2. The highest BCUT2D eigenvalue weighted by Gasteiger charge is 2.13. The van der Waals surface area contributed by atoms with Gasteiger partial charge in [0.2, 0.25) is 5.91 Å². The van der Waals surface area contributed by atoms with Crippen molar-refractivity contribution in [2.45, 2.75) is 13.5 Å². The number of hydrogen-bond acceptors (Lipinski definition) is 4. The van der Waals surface area contributed by atoms with Gasteiger partial charge >= 0.3 is 0 Å². The summed E-state index contributed by atoms with van der Waals surface area (Å²) in [6.45, 7) is 4.25. The zero-order chi connectivity index (χ0) is 13.5. The van der Waals surface area contributed by atoms with Gasteiger partial charge in [0.15, 0.2) is 0 Å². The minimum atomic E-state index is 0.0508. The number of rotatable bonds is 7. The molecule has 0 aliphatic carbocycles. The van der Waals surface area contributed by atoms with Crippen molar-refractivity contribution in [2.75, 3.05) is 33.3 Å². The van der Waals surface area contributed by atoms with Crippen LogP contribution < -0.4 is 0 Å². The summed E-state index contributed by atoms with van der Waals surface area (Å²) in [6, 6.07) is 3.77. The van der Waals surface area contributed by atoms with E-state index in [-0.39, 0.29) is 12.5 Å². The minimum absolute atomic E-state index is 0.0508. The Kier molecular flexibility index (Phi) is 6.63. The first-order valence-corrected chi connectivity index (χ1v) is 7.07. The van der Waals surface area contributed by atoms with E-state index in [4.69, 9.17) is 16.7 Å². The summed E-state index contributed by atoms with van der Waals surface area (Å²) in [7, 11) is 1.78. The SMILES string of the molecule is CCN(CCO)CC(=O)N(C)Cc1ccc(Cl)s1. The maximum absolute atomic E-state index is 12.0. The van der Waals surface area contributed by atoms with Crippen LogP contribution in [0.15, 0.2) is 12.1 Å². The number of aliphatic hydroxyl groups is 1. The molecule has 0 aromatic carbocycles. The summed E-state index contributed by atoms with van der Waals surface area (Å²) in [5.74, 6) is 0.0508. The van der Waals surface area contributed by atoms with Gasteiger partial charge in [-0.05, 0) is 18.7 Å². The van der Waals surface area contributed by atoms with Gasteiger partial charge in [-0.2, -0.15) is 0 Å². The highest BCUT2D eigenvalue weighted by Crippen LogP contribution is 2.22. The molecule has 0 bridgehead atoms. The van der Waals surface area contributed by atoms with Crippen LogP contribution in [-0.2, 0) is 11.3 Å². The summed E-state index contributed by atoms with van der Waals surface area (Å²) >= 11 is 7.34. The summed E-state index contributed by atoms with van der Waals surface area (Å²) in [6.07, 6.45) is 0. The van der Waals surface area contributed by atoms with Crippen molar-refractivity contribution in [3.8, 4) is 0 Å². The molecule has 1 heterocycles. The van der Waals surface area contributed by atoms with E-state index < -0.39 is 0 Å². The summed E-state index contributed by atoms with van der Waals surface area (Å²) in [5, 5.41) is 8.88. The molecule has 0 saturated carbocycles. The predicted molar refractivity (Wildman–Crippen MR) is 75.0 cm³/mol. The molecule has 18 heavy (non-hydrogen) atoms. The summed E-state index contributed by atoms with van der Waals surface area (Å²) in [4.78, 5) is 16.6. The first kappa shape index (κ1) is 15.4. The average Bonchev–Trinajstić information content (AvgIpc) is 2.73.